The first-order valence-electron chi connectivity index (χ1n) is 4.51. The second-order valence-corrected chi connectivity index (χ2v) is 3.68. The summed E-state index contributed by atoms with van der Waals surface area (Å²) in [7, 11) is 1.99. The van der Waals surface area contributed by atoms with Gasteiger partial charge in [0.25, 0.3) is 0 Å². The summed E-state index contributed by atoms with van der Waals surface area (Å²) in [6.45, 7) is 3.62. The van der Waals surface area contributed by atoms with E-state index in [9.17, 15) is 0 Å². The van der Waals surface area contributed by atoms with Crippen molar-refractivity contribution in [2.75, 3.05) is 25.0 Å². The van der Waals surface area contributed by atoms with E-state index in [1.165, 1.54) is 11.5 Å². The van der Waals surface area contributed by atoms with Crippen LogP contribution >= 0.6 is 11.5 Å². The molecule has 0 aliphatic rings. The lowest BCUT2D eigenvalue weighted by Gasteiger charge is -2.12. The topological polar surface area (TPSA) is 55.0 Å². The van der Waals surface area contributed by atoms with Gasteiger partial charge in [0.05, 0.1) is 0 Å². The number of hydrogen-bond donors (Lipinski definition) is 1. The van der Waals surface area contributed by atoms with Crippen molar-refractivity contribution in [1.29, 1.82) is 0 Å². The van der Waals surface area contributed by atoms with Gasteiger partial charge in [-0.1, -0.05) is 6.92 Å². The number of rotatable bonds is 5. The second-order valence-electron chi connectivity index (χ2n) is 2.95. The molecule has 2 N–H and O–H groups in total. The van der Waals surface area contributed by atoms with Gasteiger partial charge in [0.2, 0.25) is 5.13 Å². The van der Waals surface area contributed by atoms with Gasteiger partial charge in [-0.2, -0.15) is 4.37 Å². The summed E-state index contributed by atoms with van der Waals surface area (Å²) in [5, 5.41) is 0.967. The zero-order chi connectivity index (χ0) is 9.68. The summed E-state index contributed by atoms with van der Waals surface area (Å²) in [6, 6.07) is 0. The molecule has 1 aromatic rings. The van der Waals surface area contributed by atoms with Crippen molar-refractivity contribution >= 4 is 16.7 Å². The Kier molecular flexibility index (Phi) is 4.11. The number of aromatic nitrogens is 2. The average Bonchev–Trinajstić information content (AvgIpc) is 2.54. The molecule has 0 fully saturated rings. The number of anilines is 1. The van der Waals surface area contributed by atoms with Crippen LogP contribution in [-0.4, -0.2) is 29.5 Å². The maximum absolute atomic E-state index is 5.45. The monoisotopic (exact) mass is 200 g/mol. The van der Waals surface area contributed by atoms with Crippen LogP contribution in [0.2, 0.25) is 0 Å². The maximum Gasteiger partial charge on any atom is 0.204 e. The molecule has 13 heavy (non-hydrogen) atoms. The van der Waals surface area contributed by atoms with E-state index < -0.39 is 0 Å². The molecule has 0 saturated carbocycles. The molecule has 1 rings (SSSR count). The van der Waals surface area contributed by atoms with Gasteiger partial charge in [0.1, 0.15) is 5.82 Å². The van der Waals surface area contributed by atoms with Crippen LogP contribution in [0.1, 0.15) is 19.2 Å². The largest absolute Gasteiger partial charge is 0.349 e. The van der Waals surface area contributed by atoms with Gasteiger partial charge in [0, 0.05) is 38.1 Å². The van der Waals surface area contributed by atoms with Gasteiger partial charge < -0.3 is 10.6 Å². The lowest BCUT2D eigenvalue weighted by Crippen LogP contribution is -2.24. The van der Waals surface area contributed by atoms with Crippen LogP contribution in [0, 0.1) is 0 Å². The predicted molar refractivity (Wildman–Crippen MR) is 56.2 cm³/mol. The third-order valence-corrected chi connectivity index (χ3v) is 2.59. The molecule has 0 atom stereocenters. The summed E-state index contributed by atoms with van der Waals surface area (Å²) in [4.78, 5) is 6.43. The van der Waals surface area contributed by atoms with E-state index in [4.69, 9.17) is 5.73 Å². The quantitative estimate of drug-likeness (QED) is 0.767. The number of nitrogens with zero attached hydrogens (tertiary/aromatic N) is 3. The molecule has 0 amide bonds. The Bertz CT molecular complexity index is 248. The van der Waals surface area contributed by atoms with Crippen molar-refractivity contribution in [2.45, 2.75) is 19.8 Å². The van der Waals surface area contributed by atoms with Crippen LogP contribution in [0.3, 0.4) is 0 Å². The Morgan fingerprint density at radius 1 is 1.54 bits per heavy atom. The van der Waals surface area contributed by atoms with Crippen molar-refractivity contribution in [3.05, 3.63) is 5.82 Å². The standard InChI is InChI=1S/C8H16N4S/c1-3-4-7-10-8(13-11-7)12(2)6-5-9/h3-6,9H2,1-2H3. The number of nitrogens with two attached hydrogens (primary N) is 1. The minimum absolute atomic E-state index is 0.652. The summed E-state index contributed by atoms with van der Waals surface area (Å²) in [5.41, 5.74) is 5.45. The molecule has 0 unspecified atom stereocenters. The molecule has 74 valence electrons. The molecule has 5 heteroatoms. The lowest BCUT2D eigenvalue weighted by atomic mass is 10.3. The molecule has 0 bridgehead atoms. The van der Waals surface area contributed by atoms with E-state index in [0.717, 1.165) is 30.3 Å². The molecule has 0 aliphatic heterocycles. The third-order valence-electron chi connectivity index (χ3n) is 1.72. The SMILES string of the molecule is CCCc1nsc(N(C)CCN)n1. The smallest absolute Gasteiger partial charge is 0.204 e. The summed E-state index contributed by atoms with van der Waals surface area (Å²) in [6.07, 6.45) is 2.06. The Morgan fingerprint density at radius 3 is 2.92 bits per heavy atom. The highest BCUT2D eigenvalue weighted by molar-refractivity contribution is 7.09. The Morgan fingerprint density at radius 2 is 2.31 bits per heavy atom. The van der Waals surface area contributed by atoms with Gasteiger partial charge in [0.15, 0.2) is 0 Å². The van der Waals surface area contributed by atoms with Crippen LogP contribution < -0.4 is 10.6 Å². The van der Waals surface area contributed by atoms with Crippen molar-refractivity contribution in [3.63, 3.8) is 0 Å². The normalized spacial score (nSPS) is 10.4. The van der Waals surface area contributed by atoms with Crippen LogP contribution in [0.25, 0.3) is 0 Å². The zero-order valence-electron chi connectivity index (χ0n) is 8.16. The van der Waals surface area contributed by atoms with E-state index >= 15 is 0 Å². The minimum atomic E-state index is 0.652. The van der Waals surface area contributed by atoms with Crippen molar-refractivity contribution in [3.8, 4) is 0 Å². The average molecular weight is 200 g/mol. The first-order valence-corrected chi connectivity index (χ1v) is 5.29. The van der Waals surface area contributed by atoms with Gasteiger partial charge in [-0.3, -0.25) is 0 Å². The maximum atomic E-state index is 5.45. The molecule has 0 saturated heterocycles. The fourth-order valence-electron chi connectivity index (χ4n) is 1.01. The van der Waals surface area contributed by atoms with Crippen molar-refractivity contribution in [2.24, 2.45) is 5.73 Å². The predicted octanol–water partition coefficient (Wildman–Crippen LogP) is 0.885. The summed E-state index contributed by atoms with van der Waals surface area (Å²) in [5.74, 6) is 0.950. The Balaban J connectivity index is 2.56. The lowest BCUT2D eigenvalue weighted by molar-refractivity contribution is 0.841. The molecule has 0 aromatic carbocycles. The van der Waals surface area contributed by atoms with Crippen LogP contribution in [0.15, 0.2) is 0 Å². The van der Waals surface area contributed by atoms with E-state index in [2.05, 4.69) is 16.3 Å². The van der Waals surface area contributed by atoms with Gasteiger partial charge in [-0.25, -0.2) is 4.98 Å². The van der Waals surface area contributed by atoms with Crippen molar-refractivity contribution < 1.29 is 0 Å². The molecule has 1 heterocycles. The van der Waals surface area contributed by atoms with Crippen LogP contribution in [0.4, 0.5) is 5.13 Å². The Labute approximate surface area is 82.9 Å². The van der Waals surface area contributed by atoms with Crippen LogP contribution in [-0.2, 0) is 6.42 Å². The number of likely N-dealkylation sites (N-methyl/N-ethyl adjacent to an activating group) is 1. The molecular weight excluding hydrogens is 184 g/mol. The fraction of sp³-hybridized carbons (Fsp3) is 0.750. The van der Waals surface area contributed by atoms with E-state index in [-0.39, 0.29) is 0 Å². The first-order chi connectivity index (χ1) is 6.27. The molecule has 4 nitrogen and oxygen atoms in total. The fourth-order valence-corrected chi connectivity index (χ4v) is 1.71. The number of hydrogen-bond acceptors (Lipinski definition) is 5. The Hall–Kier alpha value is -0.680. The molecule has 0 aliphatic carbocycles. The van der Waals surface area contributed by atoms with E-state index in [1.807, 2.05) is 11.9 Å². The highest BCUT2D eigenvalue weighted by atomic mass is 32.1. The highest BCUT2D eigenvalue weighted by Crippen LogP contribution is 2.15. The molecule has 0 spiro atoms. The summed E-state index contributed by atoms with van der Waals surface area (Å²) >= 11 is 1.45. The second kappa shape index (κ2) is 5.14. The van der Waals surface area contributed by atoms with Crippen LogP contribution in [0.5, 0.6) is 0 Å². The van der Waals surface area contributed by atoms with Crippen molar-refractivity contribution in [1.82, 2.24) is 9.36 Å². The highest BCUT2D eigenvalue weighted by Gasteiger charge is 2.06. The molecule has 1 aromatic heterocycles. The number of aryl methyl sites for hydroxylation is 1. The third kappa shape index (κ3) is 2.93. The van der Waals surface area contributed by atoms with Gasteiger partial charge in [-0.15, -0.1) is 0 Å². The summed E-state index contributed by atoms with van der Waals surface area (Å²) < 4.78 is 4.26. The minimum Gasteiger partial charge on any atom is -0.349 e. The molecule has 0 radical (unpaired) electrons. The molecular formula is C8H16N4S. The van der Waals surface area contributed by atoms with Gasteiger partial charge >= 0.3 is 0 Å². The zero-order valence-corrected chi connectivity index (χ0v) is 8.97. The first kappa shape index (κ1) is 10.4. The van der Waals surface area contributed by atoms with Gasteiger partial charge in [-0.05, 0) is 6.42 Å². The van der Waals surface area contributed by atoms with E-state index in [0.29, 0.717) is 6.54 Å². The van der Waals surface area contributed by atoms with E-state index in [1.54, 1.807) is 0 Å².